The van der Waals surface area contributed by atoms with Gasteiger partial charge in [-0.25, -0.2) is 0 Å². The maximum absolute atomic E-state index is 4.49. The lowest BCUT2D eigenvalue weighted by Gasteiger charge is -2.42. The molecule has 0 radical (unpaired) electrons. The van der Waals surface area contributed by atoms with Crippen LogP contribution in [-0.2, 0) is 0 Å². The Hall–Kier alpha value is -1.49. The first-order valence-electron chi connectivity index (χ1n) is 7.60. The first kappa shape index (κ1) is 14.4. The van der Waals surface area contributed by atoms with Crippen molar-refractivity contribution in [1.82, 2.24) is 20.1 Å². The quantitative estimate of drug-likeness (QED) is 0.930. The lowest BCUT2D eigenvalue weighted by molar-refractivity contribution is 0.0897. The van der Waals surface area contributed by atoms with Gasteiger partial charge in [-0.1, -0.05) is 18.2 Å². The van der Waals surface area contributed by atoms with Crippen LogP contribution in [0, 0.1) is 0 Å². The van der Waals surface area contributed by atoms with E-state index in [4.69, 9.17) is 0 Å². The fourth-order valence-electron chi connectivity index (χ4n) is 3.26. The van der Waals surface area contributed by atoms with Gasteiger partial charge in [-0.2, -0.15) is 0 Å². The van der Waals surface area contributed by atoms with Gasteiger partial charge in [0, 0.05) is 43.3 Å². The molecule has 3 rings (SSSR count). The topological polar surface area (TPSA) is 31.4 Å². The van der Waals surface area contributed by atoms with E-state index in [2.05, 4.69) is 65.5 Å². The van der Waals surface area contributed by atoms with Crippen LogP contribution >= 0.6 is 0 Å². The van der Waals surface area contributed by atoms with Crippen molar-refractivity contribution in [2.24, 2.45) is 0 Å². The Balaban J connectivity index is 1.93. The number of pyridine rings is 1. The number of nitrogens with one attached hydrogen (secondary N) is 1. The molecule has 0 bridgehead atoms. The van der Waals surface area contributed by atoms with E-state index in [1.54, 1.807) is 0 Å². The third-order valence-electron chi connectivity index (χ3n) is 4.58. The first-order chi connectivity index (χ1) is 10.2. The molecule has 4 nitrogen and oxygen atoms in total. The minimum absolute atomic E-state index is 0.323. The van der Waals surface area contributed by atoms with Crippen molar-refractivity contribution >= 4 is 10.9 Å². The summed E-state index contributed by atoms with van der Waals surface area (Å²) in [6, 6.07) is 11.5. The molecular weight excluding hydrogens is 260 g/mol. The van der Waals surface area contributed by atoms with E-state index in [9.17, 15) is 0 Å². The Labute approximate surface area is 126 Å². The fourth-order valence-corrected chi connectivity index (χ4v) is 3.26. The van der Waals surface area contributed by atoms with Crippen molar-refractivity contribution in [2.75, 3.05) is 40.8 Å². The third-order valence-corrected chi connectivity index (χ3v) is 4.58. The molecule has 1 aliphatic heterocycles. The van der Waals surface area contributed by atoms with E-state index in [1.165, 1.54) is 10.9 Å². The lowest BCUT2D eigenvalue weighted by atomic mass is 9.95. The van der Waals surface area contributed by atoms with E-state index in [-0.39, 0.29) is 0 Å². The van der Waals surface area contributed by atoms with Gasteiger partial charge in [-0.05, 0) is 38.8 Å². The van der Waals surface area contributed by atoms with Crippen LogP contribution in [0.5, 0.6) is 0 Å². The molecule has 2 atom stereocenters. The summed E-state index contributed by atoms with van der Waals surface area (Å²) in [6.45, 7) is 3.34. The van der Waals surface area contributed by atoms with Crippen molar-refractivity contribution in [2.45, 2.75) is 12.1 Å². The Morgan fingerprint density at radius 3 is 2.90 bits per heavy atom. The van der Waals surface area contributed by atoms with Crippen LogP contribution in [0.25, 0.3) is 10.9 Å². The second-order valence-corrected chi connectivity index (χ2v) is 6.03. The van der Waals surface area contributed by atoms with Gasteiger partial charge in [-0.15, -0.1) is 0 Å². The standard InChI is InChI=1S/C17H24N4/c1-18-17(16-12-20(2)9-10-21(16)3)14-7-6-13-5-4-8-19-15(13)11-14/h4-8,11,16-18H,9-10,12H2,1-3H3. The Bertz CT molecular complexity index is 613. The molecule has 1 aromatic heterocycles. The summed E-state index contributed by atoms with van der Waals surface area (Å²) < 4.78 is 0. The van der Waals surface area contributed by atoms with Gasteiger partial charge in [0.25, 0.3) is 0 Å². The highest BCUT2D eigenvalue weighted by molar-refractivity contribution is 5.79. The van der Waals surface area contributed by atoms with Crippen molar-refractivity contribution in [3.63, 3.8) is 0 Å². The maximum atomic E-state index is 4.49. The molecule has 1 aliphatic rings. The highest BCUT2D eigenvalue weighted by atomic mass is 15.3. The number of piperazine rings is 1. The lowest BCUT2D eigenvalue weighted by Crippen LogP contribution is -2.54. The summed E-state index contributed by atoms with van der Waals surface area (Å²) >= 11 is 0. The smallest absolute Gasteiger partial charge is 0.0705 e. The number of rotatable bonds is 3. The normalized spacial score (nSPS) is 22.5. The predicted molar refractivity (Wildman–Crippen MR) is 87.5 cm³/mol. The highest BCUT2D eigenvalue weighted by Gasteiger charge is 2.30. The molecule has 0 saturated carbocycles. The SMILES string of the molecule is CNC(c1ccc2cccnc2c1)C1CN(C)CCN1C. The van der Waals surface area contributed by atoms with E-state index < -0.39 is 0 Å². The minimum atomic E-state index is 0.323. The average Bonchev–Trinajstić information content (AvgIpc) is 2.51. The Morgan fingerprint density at radius 2 is 2.10 bits per heavy atom. The van der Waals surface area contributed by atoms with Gasteiger partial charge in [0.15, 0.2) is 0 Å². The number of likely N-dealkylation sites (N-methyl/N-ethyl adjacent to an activating group) is 3. The van der Waals surface area contributed by atoms with Crippen molar-refractivity contribution in [3.8, 4) is 0 Å². The van der Waals surface area contributed by atoms with Crippen molar-refractivity contribution in [3.05, 3.63) is 42.1 Å². The van der Waals surface area contributed by atoms with Crippen LogP contribution in [0.1, 0.15) is 11.6 Å². The highest BCUT2D eigenvalue weighted by Crippen LogP contribution is 2.25. The van der Waals surface area contributed by atoms with Gasteiger partial charge >= 0.3 is 0 Å². The predicted octanol–water partition coefficient (Wildman–Crippen LogP) is 1.74. The molecule has 0 amide bonds. The third kappa shape index (κ3) is 2.93. The molecule has 0 aliphatic carbocycles. The van der Waals surface area contributed by atoms with Gasteiger partial charge < -0.3 is 10.2 Å². The summed E-state index contributed by atoms with van der Waals surface area (Å²) in [4.78, 5) is 9.36. The van der Waals surface area contributed by atoms with Crippen molar-refractivity contribution in [1.29, 1.82) is 0 Å². The number of hydrogen-bond acceptors (Lipinski definition) is 4. The summed E-state index contributed by atoms with van der Waals surface area (Å²) in [5, 5.41) is 4.71. The summed E-state index contributed by atoms with van der Waals surface area (Å²) in [5.74, 6) is 0. The number of nitrogens with zero attached hydrogens (tertiary/aromatic N) is 3. The molecule has 1 aromatic carbocycles. The van der Waals surface area contributed by atoms with Crippen LogP contribution < -0.4 is 5.32 Å². The zero-order valence-electron chi connectivity index (χ0n) is 13.1. The monoisotopic (exact) mass is 284 g/mol. The van der Waals surface area contributed by atoms with Gasteiger partial charge in [-0.3, -0.25) is 9.88 Å². The number of benzene rings is 1. The molecule has 4 heteroatoms. The zero-order valence-corrected chi connectivity index (χ0v) is 13.1. The Kier molecular flexibility index (Phi) is 4.19. The minimum Gasteiger partial charge on any atom is -0.312 e. The van der Waals surface area contributed by atoms with Gasteiger partial charge in [0.2, 0.25) is 0 Å². The van der Waals surface area contributed by atoms with Crippen molar-refractivity contribution < 1.29 is 0 Å². The van der Waals surface area contributed by atoms with Crippen LogP contribution in [0.2, 0.25) is 0 Å². The van der Waals surface area contributed by atoms with E-state index in [0.717, 1.165) is 25.2 Å². The molecular formula is C17H24N4. The molecule has 1 saturated heterocycles. The van der Waals surface area contributed by atoms with Crippen LogP contribution in [-0.4, -0.2) is 61.6 Å². The Morgan fingerprint density at radius 1 is 1.24 bits per heavy atom. The first-order valence-corrected chi connectivity index (χ1v) is 7.60. The summed E-state index contributed by atoms with van der Waals surface area (Å²) in [5.41, 5.74) is 2.39. The number of hydrogen-bond donors (Lipinski definition) is 1. The number of fused-ring (bicyclic) bond motifs is 1. The van der Waals surface area contributed by atoms with Crippen LogP contribution in [0.4, 0.5) is 0 Å². The second kappa shape index (κ2) is 6.10. The molecule has 1 fully saturated rings. The fraction of sp³-hybridized carbons (Fsp3) is 0.471. The number of aromatic nitrogens is 1. The molecule has 2 aromatic rings. The molecule has 112 valence electrons. The summed E-state index contributed by atoms with van der Waals surface area (Å²) in [7, 11) is 6.48. The molecule has 2 unspecified atom stereocenters. The molecule has 0 spiro atoms. The zero-order chi connectivity index (χ0) is 14.8. The molecule has 21 heavy (non-hydrogen) atoms. The van der Waals surface area contributed by atoms with E-state index in [1.807, 2.05) is 12.3 Å². The van der Waals surface area contributed by atoms with Gasteiger partial charge in [0.1, 0.15) is 0 Å². The molecule has 2 heterocycles. The average molecular weight is 284 g/mol. The largest absolute Gasteiger partial charge is 0.312 e. The maximum Gasteiger partial charge on any atom is 0.0705 e. The van der Waals surface area contributed by atoms with Gasteiger partial charge in [0.05, 0.1) is 5.52 Å². The second-order valence-electron chi connectivity index (χ2n) is 6.03. The van der Waals surface area contributed by atoms with Crippen LogP contribution in [0.3, 0.4) is 0 Å². The molecule has 1 N–H and O–H groups in total. The van der Waals surface area contributed by atoms with E-state index in [0.29, 0.717) is 12.1 Å². The van der Waals surface area contributed by atoms with Crippen LogP contribution in [0.15, 0.2) is 36.5 Å². The van der Waals surface area contributed by atoms with E-state index >= 15 is 0 Å². The summed E-state index contributed by atoms with van der Waals surface area (Å²) in [6.07, 6.45) is 1.86.